The summed E-state index contributed by atoms with van der Waals surface area (Å²) in [7, 11) is 0. The lowest BCUT2D eigenvalue weighted by molar-refractivity contribution is -0.140. The van der Waals surface area contributed by atoms with Gasteiger partial charge in [-0.1, -0.05) is 49.7 Å². The Bertz CT molecular complexity index is 818. The average molecular weight is 359 g/mol. The number of halogens is 1. The van der Waals surface area contributed by atoms with Crippen LogP contribution in [0.15, 0.2) is 36.4 Å². The molecule has 1 aliphatic heterocycles. The number of carbonyl (C=O) groups excluding carboxylic acids is 2. The molecule has 0 N–H and O–H groups in total. The number of piperazine rings is 1. The van der Waals surface area contributed by atoms with Gasteiger partial charge in [0.25, 0.3) is 5.91 Å². The van der Waals surface area contributed by atoms with Crippen molar-refractivity contribution < 1.29 is 9.59 Å². The van der Waals surface area contributed by atoms with Crippen LogP contribution in [0.1, 0.15) is 31.1 Å². The van der Waals surface area contributed by atoms with E-state index in [9.17, 15) is 9.59 Å². The molecule has 0 bridgehead atoms. The van der Waals surface area contributed by atoms with Crippen molar-refractivity contribution in [3.05, 3.63) is 47.0 Å². The molecule has 0 aromatic heterocycles. The Morgan fingerprint density at radius 1 is 1.16 bits per heavy atom. The van der Waals surface area contributed by atoms with Crippen LogP contribution in [0.3, 0.4) is 0 Å². The molecule has 25 heavy (non-hydrogen) atoms. The third-order valence-electron chi connectivity index (χ3n) is 4.69. The highest BCUT2D eigenvalue weighted by Gasteiger charge is 2.35. The highest BCUT2D eigenvalue weighted by Crippen LogP contribution is 2.27. The lowest BCUT2D eigenvalue weighted by Crippen LogP contribution is -2.58. The van der Waals surface area contributed by atoms with Crippen LogP contribution in [0.25, 0.3) is 10.8 Å². The summed E-state index contributed by atoms with van der Waals surface area (Å²) in [5, 5.41) is 2.30. The smallest absolute Gasteiger partial charge is 0.255 e. The van der Waals surface area contributed by atoms with Crippen molar-refractivity contribution in [2.75, 3.05) is 19.6 Å². The summed E-state index contributed by atoms with van der Waals surface area (Å²) in [4.78, 5) is 29.3. The largest absolute Gasteiger partial charge is 0.339 e. The van der Waals surface area contributed by atoms with Crippen molar-refractivity contribution in [1.29, 1.82) is 0 Å². The number of rotatable bonds is 3. The summed E-state index contributed by atoms with van der Waals surface area (Å²) < 4.78 is 0. The van der Waals surface area contributed by atoms with Gasteiger partial charge in [0.05, 0.1) is 0 Å². The summed E-state index contributed by atoms with van der Waals surface area (Å²) in [5.41, 5.74) is 0.594. The van der Waals surface area contributed by atoms with Gasteiger partial charge in [-0.05, 0) is 30.4 Å². The molecule has 1 heterocycles. The molecule has 1 atom stereocenters. The third-order valence-corrected chi connectivity index (χ3v) is 5.02. The molecule has 0 saturated carbocycles. The Balaban J connectivity index is 1.90. The first kappa shape index (κ1) is 17.7. The van der Waals surface area contributed by atoms with Gasteiger partial charge in [-0.2, -0.15) is 0 Å². The van der Waals surface area contributed by atoms with Crippen molar-refractivity contribution in [2.24, 2.45) is 5.92 Å². The standard InChI is InChI=1S/C20H23ClN2O2/c1-13(2)12-22-10-11-23(14(3)19(22)24)20(25)17-8-4-7-16-15(17)6-5-9-18(16)21/h4-9,13-14H,10-12H2,1-3H3. The molecule has 1 saturated heterocycles. The van der Waals surface area contributed by atoms with Crippen LogP contribution in [-0.4, -0.2) is 47.3 Å². The molecule has 1 fully saturated rings. The molecular formula is C20H23ClN2O2. The van der Waals surface area contributed by atoms with Crippen molar-refractivity contribution >= 4 is 34.2 Å². The van der Waals surface area contributed by atoms with Crippen molar-refractivity contribution in [2.45, 2.75) is 26.8 Å². The summed E-state index contributed by atoms with van der Waals surface area (Å²) in [6, 6.07) is 10.7. The fraction of sp³-hybridized carbons (Fsp3) is 0.400. The van der Waals surface area contributed by atoms with Gasteiger partial charge in [0.15, 0.2) is 0 Å². The van der Waals surface area contributed by atoms with E-state index >= 15 is 0 Å². The Labute approximate surface area is 153 Å². The fourth-order valence-corrected chi connectivity index (χ4v) is 3.68. The number of amides is 2. The minimum Gasteiger partial charge on any atom is -0.339 e. The van der Waals surface area contributed by atoms with Crippen molar-refractivity contribution in [3.63, 3.8) is 0 Å². The van der Waals surface area contributed by atoms with Gasteiger partial charge in [0, 0.05) is 35.6 Å². The van der Waals surface area contributed by atoms with E-state index in [1.165, 1.54) is 0 Å². The second-order valence-corrected chi connectivity index (χ2v) is 7.40. The monoisotopic (exact) mass is 358 g/mol. The maximum absolute atomic E-state index is 13.1. The number of nitrogens with zero attached hydrogens (tertiary/aromatic N) is 2. The molecule has 4 nitrogen and oxygen atoms in total. The van der Waals surface area contributed by atoms with Gasteiger partial charge in [0.2, 0.25) is 5.91 Å². The first-order chi connectivity index (χ1) is 11.9. The van der Waals surface area contributed by atoms with Gasteiger partial charge < -0.3 is 9.80 Å². The van der Waals surface area contributed by atoms with E-state index < -0.39 is 6.04 Å². The normalized spacial score (nSPS) is 18.3. The summed E-state index contributed by atoms with van der Waals surface area (Å²) in [5.74, 6) is 0.322. The lowest BCUT2D eigenvalue weighted by atomic mass is 10.0. The van der Waals surface area contributed by atoms with E-state index in [2.05, 4.69) is 13.8 Å². The molecule has 2 aromatic carbocycles. The molecule has 1 aliphatic rings. The predicted octanol–water partition coefficient (Wildman–Crippen LogP) is 3.82. The van der Waals surface area contributed by atoms with E-state index in [-0.39, 0.29) is 11.8 Å². The molecule has 0 aliphatic carbocycles. The van der Waals surface area contributed by atoms with Gasteiger partial charge in [-0.25, -0.2) is 0 Å². The second-order valence-electron chi connectivity index (χ2n) is 6.99. The Morgan fingerprint density at radius 3 is 2.56 bits per heavy atom. The molecule has 132 valence electrons. The summed E-state index contributed by atoms with van der Waals surface area (Å²) >= 11 is 6.25. The number of hydrogen-bond donors (Lipinski definition) is 0. The SMILES string of the molecule is CC(C)CN1CCN(C(=O)c2cccc3c(Cl)cccc23)C(C)C1=O. The van der Waals surface area contributed by atoms with Gasteiger partial charge in [-0.3, -0.25) is 9.59 Å². The molecule has 0 radical (unpaired) electrons. The molecule has 5 heteroatoms. The van der Waals surface area contributed by atoms with Crippen LogP contribution in [-0.2, 0) is 4.79 Å². The number of carbonyl (C=O) groups is 2. The van der Waals surface area contributed by atoms with Gasteiger partial charge in [0.1, 0.15) is 6.04 Å². The minimum absolute atomic E-state index is 0.0200. The topological polar surface area (TPSA) is 40.6 Å². The van der Waals surface area contributed by atoms with E-state index in [1.54, 1.807) is 11.0 Å². The number of fused-ring (bicyclic) bond motifs is 1. The van der Waals surface area contributed by atoms with E-state index in [4.69, 9.17) is 11.6 Å². The van der Waals surface area contributed by atoms with Crippen LogP contribution >= 0.6 is 11.6 Å². The van der Waals surface area contributed by atoms with Crippen LogP contribution in [0.4, 0.5) is 0 Å². The van der Waals surface area contributed by atoms with Crippen LogP contribution in [0.5, 0.6) is 0 Å². The zero-order chi connectivity index (χ0) is 18.1. The van der Waals surface area contributed by atoms with E-state index in [0.717, 1.165) is 17.3 Å². The maximum atomic E-state index is 13.1. The molecular weight excluding hydrogens is 336 g/mol. The Hall–Kier alpha value is -2.07. The average Bonchev–Trinajstić information content (AvgIpc) is 2.58. The van der Waals surface area contributed by atoms with Crippen molar-refractivity contribution in [3.8, 4) is 0 Å². The molecule has 0 spiro atoms. The van der Waals surface area contributed by atoms with Gasteiger partial charge in [-0.15, -0.1) is 0 Å². The Kier molecular flexibility index (Phi) is 5.00. The number of hydrogen-bond acceptors (Lipinski definition) is 2. The summed E-state index contributed by atoms with van der Waals surface area (Å²) in [6.45, 7) is 7.86. The quantitative estimate of drug-likeness (QED) is 0.836. The zero-order valence-corrected chi connectivity index (χ0v) is 15.6. The predicted molar refractivity (Wildman–Crippen MR) is 101 cm³/mol. The lowest BCUT2D eigenvalue weighted by Gasteiger charge is -2.40. The minimum atomic E-state index is -0.450. The first-order valence-electron chi connectivity index (χ1n) is 8.67. The first-order valence-corrected chi connectivity index (χ1v) is 9.05. The maximum Gasteiger partial charge on any atom is 0.255 e. The molecule has 2 amide bonds. The van der Waals surface area contributed by atoms with Gasteiger partial charge >= 0.3 is 0 Å². The highest BCUT2D eigenvalue weighted by molar-refractivity contribution is 6.36. The number of benzene rings is 2. The Morgan fingerprint density at radius 2 is 1.84 bits per heavy atom. The molecule has 1 unspecified atom stereocenters. The summed E-state index contributed by atoms with van der Waals surface area (Å²) in [6.07, 6.45) is 0. The van der Waals surface area contributed by atoms with Crippen molar-refractivity contribution in [1.82, 2.24) is 9.80 Å². The second kappa shape index (κ2) is 7.04. The zero-order valence-electron chi connectivity index (χ0n) is 14.8. The van der Waals surface area contributed by atoms with E-state index in [0.29, 0.717) is 29.6 Å². The van der Waals surface area contributed by atoms with E-state index in [1.807, 2.05) is 42.2 Å². The van der Waals surface area contributed by atoms with Crippen LogP contribution < -0.4 is 0 Å². The third kappa shape index (κ3) is 3.36. The molecule has 3 rings (SSSR count). The fourth-order valence-electron chi connectivity index (χ4n) is 3.44. The highest BCUT2D eigenvalue weighted by atomic mass is 35.5. The van der Waals surface area contributed by atoms with Crippen LogP contribution in [0.2, 0.25) is 5.02 Å². The molecule has 2 aromatic rings. The van der Waals surface area contributed by atoms with Crippen LogP contribution in [0, 0.1) is 5.92 Å².